The van der Waals surface area contributed by atoms with Gasteiger partial charge in [-0.1, -0.05) is 0 Å². The van der Waals surface area contributed by atoms with Crippen LogP contribution >= 0.6 is 0 Å². The number of imidazole rings is 1. The molecule has 0 saturated heterocycles. The molecule has 2 N–H and O–H groups in total. The summed E-state index contributed by atoms with van der Waals surface area (Å²) in [6, 6.07) is 4.58. The summed E-state index contributed by atoms with van der Waals surface area (Å²) in [5, 5.41) is 3.42. The first-order chi connectivity index (χ1) is 8.85. The summed E-state index contributed by atoms with van der Waals surface area (Å²) >= 11 is 0. The van der Waals surface area contributed by atoms with Crippen LogP contribution in [0.3, 0.4) is 0 Å². The molecule has 19 heavy (non-hydrogen) atoms. The van der Waals surface area contributed by atoms with Gasteiger partial charge in [0.1, 0.15) is 5.82 Å². The number of anilines is 1. The first kappa shape index (κ1) is 13.8. The summed E-state index contributed by atoms with van der Waals surface area (Å²) in [4.78, 5) is 9.60. The van der Waals surface area contributed by atoms with Gasteiger partial charge < -0.3 is 15.2 Å². The molecule has 104 valence electrons. The quantitative estimate of drug-likeness (QED) is 0.892. The van der Waals surface area contributed by atoms with Crippen LogP contribution < -0.4 is 10.2 Å². The number of hydrogen-bond donors (Lipinski definition) is 2. The molecule has 1 aromatic heterocycles. The van der Waals surface area contributed by atoms with Crippen molar-refractivity contribution < 1.29 is 4.39 Å². The number of fused-ring (bicyclic) bond motifs is 1. The van der Waals surface area contributed by atoms with Crippen LogP contribution in [0.25, 0.3) is 11.0 Å². The van der Waals surface area contributed by atoms with E-state index in [0.717, 1.165) is 30.1 Å². The molecule has 1 heterocycles. The Morgan fingerprint density at radius 2 is 2.11 bits per heavy atom. The second kappa shape index (κ2) is 5.17. The normalized spacial score (nSPS) is 12.1. The predicted octanol–water partition coefficient (Wildman–Crippen LogP) is 2.53. The van der Waals surface area contributed by atoms with Crippen LogP contribution in [0.2, 0.25) is 0 Å². The Hall–Kier alpha value is -1.62. The standard InChI is InChI=1S/C14H21FN4/c1-14(2,3)16-7-8-19(4)13-17-11-6-5-10(15)9-12(11)18-13/h5-6,9,16H,7-8H2,1-4H3,(H,17,18). The van der Waals surface area contributed by atoms with Crippen molar-refractivity contribution >= 4 is 17.0 Å². The second-order valence-electron chi connectivity index (χ2n) is 5.82. The first-order valence-electron chi connectivity index (χ1n) is 6.46. The van der Waals surface area contributed by atoms with Gasteiger partial charge in [0, 0.05) is 25.7 Å². The van der Waals surface area contributed by atoms with E-state index in [0.29, 0.717) is 0 Å². The molecule has 0 amide bonds. The lowest BCUT2D eigenvalue weighted by Gasteiger charge is -2.23. The molecule has 1 aromatic carbocycles. The number of nitrogens with one attached hydrogen (secondary N) is 2. The van der Waals surface area contributed by atoms with Gasteiger partial charge in [0.15, 0.2) is 0 Å². The van der Waals surface area contributed by atoms with E-state index in [2.05, 4.69) is 36.1 Å². The Labute approximate surface area is 113 Å². The Kier molecular flexibility index (Phi) is 3.75. The van der Waals surface area contributed by atoms with Crippen molar-refractivity contribution in [3.63, 3.8) is 0 Å². The van der Waals surface area contributed by atoms with Crippen LogP contribution in [0, 0.1) is 5.82 Å². The third kappa shape index (κ3) is 3.67. The topological polar surface area (TPSA) is 44.0 Å². The average molecular weight is 264 g/mol. The molecule has 0 spiro atoms. The summed E-state index contributed by atoms with van der Waals surface area (Å²) in [5.74, 6) is 0.510. The molecule has 0 fully saturated rings. The third-order valence-corrected chi connectivity index (χ3v) is 2.90. The zero-order valence-corrected chi connectivity index (χ0v) is 11.9. The minimum absolute atomic E-state index is 0.109. The molecule has 0 aliphatic carbocycles. The van der Waals surface area contributed by atoms with Crippen molar-refractivity contribution in [3.8, 4) is 0 Å². The smallest absolute Gasteiger partial charge is 0.203 e. The van der Waals surface area contributed by atoms with Crippen molar-refractivity contribution in [1.82, 2.24) is 15.3 Å². The lowest BCUT2D eigenvalue weighted by atomic mass is 10.1. The monoisotopic (exact) mass is 264 g/mol. The van der Waals surface area contributed by atoms with Gasteiger partial charge in [-0.3, -0.25) is 0 Å². The molecule has 0 bridgehead atoms. The number of rotatable bonds is 4. The van der Waals surface area contributed by atoms with E-state index in [9.17, 15) is 4.39 Å². The molecule has 0 aliphatic heterocycles. The number of hydrogen-bond acceptors (Lipinski definition) is 3. The third-order valence-electron chi connectivity index (χ3n) is 2.90. The van der Waals surface area contributed by atoms with Crippen LogP contribution in [0.15, 0.2) is 18.2 Å². The summed E-state index contributed by atoms with van der Waals surface area (Å²) in [7, 11) is 1.97. The number of likely N-dealkylation sites (N-methyl/N-ethyl adjacent to an activating group) is 1. The maximum absolute atomic E-state index is 13.1. The summed E-state index contributed by atoms with van der Waals surface area (Å²) < 4.78 is 13.1. The lowest BCUT2D eigenvalue weighted by molar-refractivity contribution is 0.430. The van der Waals surface area contributed by atoms with Gasteiger partial charge in [-0.25, -0.2) is 9.37 Å². The van der Waals surface area contributed by atoms with E-state index in [4.69, 9.17) is 0 Å². The minimum Gasteiger partial charge on any atom is -0.344 e. The van der Waals surface area contributed by atoms with Gasteiger partial charge in [0.2, 0.25) is 5.95 Å². The largest absolute Gasteiger partial charge is 0.344 e. The molecule has 0 saturated carbocycles. The average Bonchev–Trinajstić information content (AvgIpc) is 2.70. The molecule has 2 rings (SSSR count). The van der Waals surface area contributed by atoms with Crippen LogP contribution in [0.4, 0.5) is 10.3 Å². The number of benzene rings is 1. The van der Waals surface area contributed by atoms with Crippen molar-refractivity contribution in [2.45, 2.75) is 26.3 Å². The van der Waals surface area contributed by atoms with E-state index < -0.39 is 0 Å². The summed E-state index contributed by atoms with van der Waals surface area (Å²) in [6.07, 6.45) is 0. The van der Waals surface area contributed by atoms with Crippen molar-refractivity contribution in [2.75, 3.05) is 25.0 Å². The van der Waals surface area contributed by atoms with Gasteiger partial charge in [-0.05, 0) is 39.0 Å². The highest BCUT2D eigenvalue weighted by atomic mass is 19.1. The van der Waals surface area contributed by atoms with Crippen LogP contribution in [0.5, 0.6) is 0 Å². The van der Waals surface area contributed by atoms with Crippen LogP contribution in [-0.4, -0.2) is 35.6 Å². The minimum atomic E-state index is -0.250. The fourth-order valence-corrected chi connectivity index (χ4v) is 1.85. The molecule has 0 radical (unpaired) electrons. The van der Waals surface area contributed by atoms with Gasteiger partial charge >= 0.3 is 0 Å². The number of halogens is 1. The first-order valence-corrected chi connectivity index (χ1v) is 6.46. The Bertz CT molecular complexity index is 556. The van der Waals surface area contributed by atoms with Crippen LogP contribution in [-0.2, 0) is 0 Å². The molecule has 5 heteroatoms. The number of nitrogens with zero attached hydrogens (tertiary/aromatic N) is 2. The van der Waals surface area contributed by atoms with E-state index in [1.165, 1.54) is 12.1 Å². The predicted molar refractivity (Wildman–Crippen MR) is 77.1 cm³/mol. The number of aromatic nitrogens is 2. The van der Waals surface area contributed by atoms with Crippen molar-refractivity contribution in [1.29, 1.82) is 0 Å². The Balaban J connectivity index is 2.03. The fraction of sp³-hybridized carbons (Fsp3) is 0.500. The van der Waals surface area contributed by atoms with E-state index >= 15 is 0 Å². The SMILES string of the molecule is CN(CCNC(C)(C)C)c1nc2ccc(F)cc2[nH]1. The molecule has 0 unspecified atom stereocenters. The van der Waals surface area contributed by atoms with Crippen LogP contribution in [0.1, 0.15) is 20.8 Å². The highest BCUT2D eigenvalue weighted by molar-refractivity contribution is 5.77. The fourth-order valence-electron chi connectivity index (χ4n) is 1.85. The van der Waals surface area contributed by atoms with Crippen molar-refractivity contribution in [2.24, 2.45) is 0 Å². The Morgan fingerprint density at radius 1 is 1.37 bits per heavy atom. The highest BCUT2D eigenvalue weighted by Crippen LogP contribution is 2.17. The zero-order valence-electron chi connectivity index (χ0n) is 11.9. The van der Waals surface area contributed by atoms with Gasteiger partial charge in [-0.15, -0.1) is 0 Å². The molecule has 2 aromatic rings. The van der Waals surface area contributed by atoms with E-state index in [1.54, 1.807) is 6.07 Å². The molecule has 0 aliphatic rings. The van der Waals surface area contributed by atoms with Gasteiger partial charge in [0.05, 0.1) is 11.0 Å². The van der Waals surface area contributed by atoms with E-state index in [1.807, 2.05) is 11.9 Å². The molecule has 0 atom stereocenters. The van der Waals surface area contributed by atoms with Crippen molar-refractivity contribution in [3.05, 3.63) is 24.0 Å². The van der Waals surface area contributed by atoms with Gasteiger partial charge in [-0.2, -0.15) is 0 Å². The molecular formula is C14H21FN4. The maximum atomic E-state index is 13.1. The molecule has 4 nitrogen and oxygen atoms in total. The number of H-pyrrole nitrogens is 1. The second-order valence-corrected chi connectivity index (χ2v) is 5.82. The van der Waals surface area contributed by atoms with E-state index in [-0.39, 0.29) is 11.4 Å². The van der Waals surface area contributed by atoms with Gasteiger partial charge in [0.25, 0.3) is 0 Å². The summed E-state index contributed by atoms with van der Waals surface area (Å²) in [5.41, 5.74) is 1.62. The zero-order chi connectivity index (χ0) is 14.0. The Morgan fingerprint density at radius 3 is 2.79 bits per heavy atom. The highest BCUT2D eigenvalue weighted by Gasteiger charge is 2.11. The summed E-state index contributed by atoms with van der Waals surface area (Å²) in [6.45, 7) is 8.11. The molecular weight excluding hydrogens is 243 g/mol. The lowest BCUT2D eigenvalue weighted by Crippen LogP contribution is -2.40. The maximum Gasteiger partial charge on any atom is 0.203 e. The number of aromatic amines is 1.